The van der Waals surface area contributed by atoms with Crippen molar-refractivity contribution in [3.8, 4) is 0 Å². The van der Waals surface area contributed by atoms with Gasteiger partial charge in [-0.05, 0) is 24.6 Å². The van der Waals surface area contributed by atoms with Crippen molar-refractivity contribution in [3.05, 3.63) is 54.2 Å². The topological polar surface area (TPSA) is 45.2 Å². The minimum Gasteiger partial charge on any atom is -0.366 e. The van der Waals surface area contributed by atoms with Crippen LogP contribution in [-0.2, 0) is 11.3 Å². The fourth-order valence-corrected chi connectivity index (χ4v) is 2.11. The van der Waals surface area contributed by atoms with Crippen LogP contribution in [0.2, 0.25) is 0 Å². The molecule has 0 spiro atoms. The molecule has 116 valence electrons. The highest BCUT2D eigenvalue weighted by atomic mass is 16.1. The smallest absolute Gasteiger partial charge is 0.228 e. The summed E-state index contributed by atoms with van der Waals surface area (Å²) in [5.41, 5.74) is 2.32. The van der Waals surface area contributed by atoms with E-state index in [-0.39, 0.29) is 11.8 Å². The Morgan fingerprint density at radius 1 is 1.18 bits per heavy atom. The van der Waals surface area contributed by atoms with Gasteiger partial charge in [0, 0.05) is 19.0 Å². The lowest BCUT2D eigenvalue weighted by molar-refractivity contribution is -0.118. The second kappa shape index (κ2) is 7.59. The molecule has 0 saturated carbocycles. The van der Waals surface area contributed by atoms with Crippen LogP contribution < -0.4 is 10.2 Å². The van der Waals surface area contributed by atoms with Crippen LogP contribution >= 0.6 is 0 Å². The Kier molecular flexibility index (Phi) is 5.53. The number of benzene rings is 1. The third kappa shape index (κ3) is 4.32. The molecule has 4 nitrogen and oxygen atoms in total. The maximum atomic E-state index is 11.7. The largest absolute Gasteiger partial charge is 0.366 e. The second-order valence-corrected chi connectivity index (χ2v) is 5.55. The van der Waals surface area contributed by atoms with Gasteiger partial charge in [0.15, 0.2) is 0 Å². The fourth-order valence-electron chi connectivity index (χ4n) is 2.11. The number of aromatic nitrogens is 1. The third-order valence-electron chi connectivity index (χ3n) is 3.49. The van der Waals surface area contributed by atoms with Crippen LogP contribution in [0.15, 0.2) is 48.7 Å². The third-order valence-corrected chi connectivity index (χ3v) is 3.49. The predicted molar refractivity (Wildman–Crippen MR) is 90.9 cm³/mol. The summed E-state index contributed by atoms with van der Waals surface area (Å²) in [6, 6.07) is 14.2. The van der Waals surface area contributed by atoms with Gasteiger partial charge >= 0.3 is 0 Å². The van der Waals surface area contributed by atoms with Crippen molar-refractivity contribution in [2.45, 2.75) is 27.3 Å². The van der Waals surface area contributed by atoms with Gasteiger partial charge < -0.3 is 10.2 Å². The first-order chi connectivity index (χ1) is 10.6. The van der Waals surface area contributed by atoms with E-state index in [1.807, 2.05) is 50.4 Å². The Bertz CT molecular complexity index is 593. The maximum Gasteiger partial charge on any atom is 0.228 e. The Morgan fingerprint density at radius 3 is 2.45 bits per heavy atom. The molecular formula is C18H23N3O. The summed E-state index contributed by atoms with van der Waals surface area (Å²) < 4.78 is 0. The first-order valence-electron chi connectivity index (χ1n) is 7.66. The number of hydrogen-bond acceptors (Lipinski definition) is 3. The number of rotatable bonds is 6. The van der Waals surface area contributed by atoms with Gasteiger partial charge in [0.2, 0.25) is 5.91 Å². The number of carbonyl (C=O) groups excluding carboxylic acids is 1. The van der Waals surface area contributed by atoms with Gasteiger partial charge in [0.05, 0.1) is 11.9 Å². The standard InChI is InChI=1S/C18H23N3O/c1-4-21(13-15-8-6-5-7-9-15)16-10-11-17(19-12-16)20-18(22)14(2)3/h5-12,14H,4,13H2,1-3H3,(H,19,20,22). The van der Waals surface area contributed by atoms with Crippen molar-refractivity contribution in [1.29, 1.82) is 0 Å². The quantitative estimate of drug-likeness (QED) is 0.884. The van der Waals surface area contributed by atoms with Gasteiger partial charge in [-0.15, -0.1) is 0 Å². The number of carbonyl (C=O) groups is 1. The molecule has 1 heterocycles. The maximum absolute atomic E-state index is 11.7. The molecule has 0 radical (unpaired) electrons. The van der Waals surface area contributed by atoms with Crippen LogP contribution in [-0.4, -0.2) is 17.4 Å². The monoisotopic (exact) mass is 297 g/mol. The molecular weight excluding hydrogens is 274 g/mol. The van der Waals surface area contributed by atoms with Crippen molar-refractivity contribution in [3.63, 3.8) is 0 Å². The highest BCUT2D eigenvalue weighted by Gasteiger charge is 2.09. The number of hydrogen-bond donors (Lipinski definition) is 1. The summed E-state index contributed by atoms with van der Waals surface area (Å²) in [5, 5.41) is 2.81. The zero-order chi connectivity index (χ0) is 15.9. The normalized spacial score (nSPS) is 10.5. The van der Waals surface area contributed by atoms with Gasteiger partial charge in [0.25, 0.3) is 0 Å². The highest BCUT2D eigenvalue weighted by molar-refractivity contribution is 5.91. The first-order valence-corrected chi connectivity index (χ1v) is 7.66. The number of anilines is 2. The summed E-state index contributed by atoms with van der Waals surface area (Å²) in [4.78, 5) is 18.3. The van der Waals surface area contributed by atoms with Gasteiger partial charge in [0.1, 0.15) is 5.82 Å². The van der Waals surface area contributed by atoms with E-state index in [1.165, 1.54) is 5.56 Å². The van der Waals surface area contributed by atoms with Crippen LogP contribution in [0.3, 0.4) is 0 Å². The van der Waals surface area contributed by atoms with E-state index in [4.69, 9.17) is 0 Å². The fraction of sp³-hybridized carbons (Fsp3) is 0.333. The lowest BCUT2D eigenvalue weighted by Gasteiger charge is -2.23. The zero-order valence-corrected chi connectivity index (χ0v) is 13.4. The predicted octanol–water partition coefficient (Wildman–Crippen LogP) is 3.70. The van der Waals surface area contributed by atoms with Crippen molar-refractivity contribution in [1.82, 2.24) is 4.98 Å². The molecule has 2 aromatic rings. The van der Waals surface area contributed by atoms with Gasteiger partial charge in [-0.2, -0.15) is 0 Å². The SMILES string of the molecule is CCN(Cc1ccccc1)c1ccc(NC(=O)C(C)C)nc1. The zero-order valence-electron chi connectivity index (χ0n) is 13.4. The van der Waals surface area contributed by atoms with Crippen molar-refractivity contribution < 1.29 is 4.79 Å². The number of nitrogens with one attached hydrogen (secondary N) is 1. The van der Waals surface area contributed by atoms with Gasteiger partial charge in [-0.25, -0.2) is 4.98 Å². The van der Waals surface area contributed by atoms with Crippen LogP contribution in [0.4, 0.5) is 11.5 Å². The molecule has 0 aliphatic heterocycles. The van der Waals surface area contributed by atoms with Crippen LogP contribution in [0, 0.1) is 5.92 Å². The number of nitrogens with zero attached hydrogens (tertiary/aromatic N) is 2. The van der Waals surface area contributed by atoms with Crippen molar-refractivity contribution in [2.24, 2.45) is 5.92 Å². The van der Waals surface area contributed by atoms with Crippen LogP contribution in [0.25, 0.3) is 0 Å². The molecule has 1 aromatic heterocycles. The molecule has 1 aromatic carbocycles. The molecule has 0 saturated heterocycles. The van der Waals surface area contributed by atoms with E-state index < -0.39 is 0 Å². The molecule has 0 atom stereocenters. The molecule has 0 fully saturated rings. The summed E-state index contributed by atoms with van der Waals surface area (Å²) in [5.74, 6) is 0.529. The lowest BCUT2D eigenvalue weighted by Crippen LogP contribution is -2.22. The van der Waals surface area contributed by atoms with E-state index >= 15 is 0 Å². The molecule has 0 bridgehead atoms. The van der Waals surface area contributed by atoms with Crippen molar-refractivity contribution in [2.75, 3.05) is 16.8 Å². The number of pyridine rings is 1. The summed E-state index contributed by atoms with van der Waals surface area (Å²) in [6.07, 6.45) is 1.81. The van der Waals surface area contributed by atoms with E-state index in [2.05, 4.69) is 34.3 Å². The lowest BCUT2D eigenvalue weighted by atomic mass is 10.2. The van der Waals surface area contributed by atoms with Crippen molar-refractivity contribution >= 4 is 17.4 Å². The average Bonchev–Trinajstić information content (AvgIpc) is 2.54. The summed E-state index contributed by atoms with van der Waals surface area (Å²) in [6.45, 7) is 7.59. The molecule has 0 unspecified atom stereocenters. The Labute approximate surface area is 132 Å². The molecule has 1 N–H and O–H groups in total. The van der Waals surface area contributed by atoms with E-state index in [9.17, 15) is 4.79 Å². The van der Waals surface area contributed by atoms with Crippen LogP contribution in [0.5, 0.6) is 0 Å². The highest BCUT2D eigenvalue weighted by Crippen LogP contribution is 2.18. The molecule has 22 heavy (non-hydrogen) atoms. The summed E-state index contributed by atoms with van der Waals surface area (Å²) >= 11 is 0. The molecule has 0 aliphatic rings. The second-order valence-electron chi connectivity index (χ2n) is 5.55. The van der Waals surface area contributed by atoms with E-state index in [1.54, 1.807) is 0 Å². The Morgan fingerprint density at radius 2 is 1.91 bits per heavy atom. The Balaban J connectivity index is 2.06. The van der Waals surface area contributed by atoms with E-state index in [0.717, 1.165) is 18.8 Å². The minimum absolute atomic E-state index is 0.0168. The average molecular weight is 297 g/mol. The van der Waals surface area contributed by atoms with Gasteiger partial charge in [-0.1, -0.05) is 44.2 Å². The first kappa shape index (κ1) is 16.0. The summed E-state index contributed by atoms with van der Waals surface area (Å²) in [7, 11) is 0. The molecule has 1 amide bonds. The Hall–Kier alpha value is -2.36. The van der Waals surface area contributed by atoms with Gasteiger partial charge in [-0.3, -0.25) is 4.79 Å². The minimum atomic E-state index is -0.0494. The molecule has 4 heteroatoms. The van der Waals surface area contributed by atoms with Crippen LogP contribution in [0.1, 0.15) is 26.3 Å². The molecule has 0 aliphatic carbocycles. The van der Waals surface area contributed by atoms with E-state index in [0.29, 0.717) is 5.82 Å². The number of amides is 1. The molecule has 2 rings (SSSR count).